The molecule has 0 fully saturated rings. The van der Waals surface area contributed by atoms with Gasteiger partial charge in [0.1, 0.15) is 10.9 Å². The maximum atomic E-state index is 10.1. The van der Waals surface area contributed by atoms with E-state index in [0.29, 0.717) is 6.42 Å². The number of aryl methyl sites for hydroxylation is 1. The van der Waals surface area contributed by atoms with E-state index in [9.17, 15) is 4.79 Å². The number of rotatable bonds is 2. The molecule has 1 aromatic rings. The van der Waals surface area contributed by atoms with E-state index < -0.39 is 0 Å². The minimum atomic E-state index is 0.426. The highest BCUT2D eigenvalue weighted by Gasteiger charge is 1.99. The van der Waals surface area contributed by atoms with Crippen molar-refractivity contribution in [2.45, 2.75) is 6.42 Å². The molecule has 10 heavy (non-hydrogen) atoms. The Hall–Kier alpha value is -0.640. The van der Waals surface area contributed by atoms with Crippen LogP contribution in [0.4, 0.5) is 0 Å². The van der Waals surface area contributed by atoms with Crippen molar-refractivity contribution in [1.29, 1.82) is 0 Å². The van der Waals surface area contributed by atoms with Crippen LogP contribution in [0.3, 0.4) is 0 Å². The smallest absolute Gasteiger partial charge is 0.128 e. The van der Waals surface area contributed by atoms with Gasteiger partial charge in [0.25, 0.3) is 0 Å². The van der Waals surface area contributed by atoms with Crippen LogP contribution in [-0.2, 0) is 18.3 Å². The lowest BCUT2D eigenvalue weighted by atomic mass is 10.3. The minimum Gasteiger partial charge on any atom is -0.303 e. The monoisotopic (exact) mass is 202 g/mol. The van der Waals surface area contributed by atoms with Crippen LogP contribution in [0.25, 0.3) is 0 Å². The highest BCUT2D eigenvalue weighted by Crippen LogP contribution is 2.08. The second-order valence-electron chi connectivity index (χ2n) is 1.95. The van der Waals surface area contributed by atoms with E-state index in [4.69, 9.17) is 0 Å². The summed E-state index contributed by atoms with van der Waals surface area (Å²) in [5, 5.41) is 4.00. The summed E-state index contributed by atoms with van der Waals surface area (Å²) >= 11 is 3.21. The summed E-state index contributed by atoms with van der Waals surface area (Å²) < 4.78 is 2.45. The number of nitrogens with zero attached hydrogens (tertiary/aromatic N) is 2. The third kappa shape index (κ3) is 1.44. The van der Waals surface area contributed by atoms with E-state index >= 15 is 0 Å². The van der Waals surface area contributed by atoms with Gasteiger partial charge in [0.15, 0.2) is 0 Å². The Kier molecular flexibility index (Phi) is 2.21. The Morgan fingerprint density at radius 2 is 2.60 bits per heavy atom. The van der Waals surface area contributed by atoms with Crippen molar-refractivity contribution in [2.75, 3.05) is 0 Å². The van der Waals surface area contributed by atoms with Crippen LogP contribution in [0.15, 0.2) is 10.7 Å². The zero-order valence-electron chi connectivity index (χ0n) is 5.54. The van der Waals surface area contributed by atoms with Crippen LogP contribution in [0.5, 0.6) is 0 Å². The van der Waals surface area contributed by atoms with Gasteiger partial charge in [-0.05, 0) is 22.0 Å². The predicted octanol–water partition coefficient (Wildman–Crippen LogP) is 0.924. The number of carbonyl (C=O) groups is 1. The molecule has 0 saturated carbocycles. The zero-order valence-corrected chi connectivity index (χ0v) is 7.13. The third-order valence-corrected chi connectivity index (χ3v) is 1.63. The third-order valence-electron chi connectivity index (χ3n) is 1.24. The molecule has 0 radical (unpaired) electrons. The molecule has 0 aliphatic heterocycles. The molecule has 0 amide bonds. The second-order valence-corrected chi connectivity index (χ2v) is 2.77. The van der Waals surface area contributed by atoms with Crippen molar-refractivity contribution < 1.29 is 4.79 Å². The fourth-order valence-corrected chi connectivity index (χ4v) is 1.25. The Balaban J connectivity index is 2.91. The van der Waals surface area contributed by atoms with Crippen LogP contribution < -0.4 is 0 Å². The first kappa shape index (κ1) is 7.47. The van der Waals surface area contributed by atoms with Gasteiger partial charge in [-0.25, -0.2) is 0 Å². The molecule has 0 N–H and O–H groups in total. The molecule has 0 atom stereocenters. The molecule has 0 aromatic carbocycles. The topological polar surface area (TPSA) is 34.9 Å². The van der Waals surface area contributed by atoms with Gasteiger partial charge in [0.05, 0.1) is 0 Å². The van der Waals surface area contributed by atoms with Crippen molar-refractivity contribution in [2.24, 2.45) is 7.05 Å². The predicted molar refractivity (Wildman–Crippen MR) is 40.7 cm³/mol. The fourth-order valence-electron chi connectivity index (χ4n) is 0.744. The average molecular weight is 203 g/mol. The van der Waals surface area contributed by atoms with E-state index in [2.05, 4.69) is 21.0 Å². The molecular formula is C6H7BrN2O. The van der Waals surface area contributed by atoms with E-state index in [1.54, 1.807) is 4.68 Å². The van der Waals surface area contributed by atoms with Gasteiger partial charge in [-0.15, -0.1) is 0 Å². The molecule has 0 bridgehead atoms. The van der Waals surface area contributed by atoms with Crippen LogP contribution >= 0.6 is 15.9 Å². The maximum Gasteiger partial charge on any atom is 0.128 e. The normalized spacial score (nSPS) is 9.80. The zero-order chi connectivity index (χ0) is 7.56. The Morgan fingerprint density at radius 3 is 3.00 bits per heavy atom. The van der Waals surface area contributed by atoms with E-state index in [0.717, 1.165) is 16.6 Å². The molecule has 3 nitrogen and oxygen atoms in total. The second kappa shape index (κ2) is 2.96. The number of carbonyl (C=O) groups excluding carboxylic acids is 1. The highest BCUT2D eigenvalue weighted by molar-refractivity contribution is 9.10. The summed E-state index contributed by atoms with van der Waals surface area (Å²) in [5.74, 6) is 0. The molecule has 0 aliphatic rings. The molecule has 0 spiro atoms. The Labute approximate surface area is 67.2 Å². The van der Waals surface area contributed by atoms with Crippen LogP contribution in [0.2, 0.25) is 0 Å². The van der Waals surface area contributed by atoms with Gasteiger partial charge in [-0.2, -0.15) is 5.10 Å². The van der Waals surface area contributed by atoms with Crippen LogP contribution in [0, 0.1) is 0 Å². The quantitative estimate of drug-likeness (QED) is 0.670. The minimum absolute atomic E-state index is 0.426. The Bertz CT molecular complexity index is 244. The SMILES string of the molecule is Cn1nc(Br)cc1CC=O. The lowest BCUT2D eigenvalue weighted by Gasteiger charge is -1.92. The van der Waals surface area contributed by atoms with Gasteiger partial charge in [0, 0.05) is 19.2 Å². The molecule has 0 saturated heterocycles. The van der Waals surface area contributed by atoms with Crippen molar-refractivity contribution >= 4 is 22.2 Å². The summed E-state index contributed by atoms with van der Waals surface area (Å²) in [6, 6.07) is 1.83. The highest BCUT2D eigenvalue weighted by atomic mass is 79.9. The largest absolute Gasteiger partial charge is 0.303 e. The molecular weight excluding hydrogens is 196 g/mol. The van der Waals surface area contributed by atoms with Crippen LogP contribution in [-0.4, -0.2) is 16.1 Å². The molecule has 0 aliphatic carbocycles. The summed E-state index contributed by atoms with van der Waals surface area (Å²) in [5.41, 5.74) is 0.918. The molecule has 1 rings (SSSR count). The molecule has 4 heteroatoms. The summed E-state index contributed by atoms with van der Waals surface area (Å²) in [7, 11) is 1.81. The number of halogens is 1. The first-order valence-corrected chi connectivity index (χ1v) is 3.65. The fraction of sp³-hybridized carbons (Fsp3) is 0.333. The lowest BCUT2D eigenvalue weighted by molar-refractivity contribution is -0.107. The number of aromatic nitrogens is 2. The lowest BCUT2D eigenvalue weighted by Crippen LogP contribution is -1.97. The van der Waals surface area contributed by atoms with E-state index in [1.807, 2.05) is 13.1 Å². The number of hydrogen-bond acceptors (Lipinski definition) is 2. The van der Waals surface area contributed by atoms with Crippen LogP contribution in [0.1, 0.15) is 5.69 Å². The first-order chi connectivity index (χ1) is 4.74. The first-order valence-electron chi connectivity index (χ1n) is 2.86. The van der Waals surface area contributed by atoms with Gasteiger partial charge >= 0.3 is 0 Å². The van der Waals surface area contributed by atoms with Gasteiger partial charge in [0.2, 0.25) is 0 Å². The summed E-state index contributed by atoms with van der Waals surface area (Å²) in [4.78, 5) is 10.1. The van der Waals surface area contributed by atoms with Crippen molar-refractivity contribution in [3.8, 4) is 0 Å². The average Bonchev–Trinajstić information content (AvgIpc) is 2.13. The van der Waals surface area contributed by atoms with Gasteiger partial charge < -0.3 is 4.79 Å². The summed E-state index contributed by atoms with van der Waals surface area (Å²) in [6.45, 7) is 0. The molecule has 54 valence electrons. The number of aldehydes is 1. The Morgan fingerprint density at radius 1 is 1.90 bits per heavy atom. The van der Waals surface area contributed by atoms with Gasteiger partial charge in [-0.1, -0.05) is 0 Å². The van der Waals surface area contributed by atoms with Gasteiger partial charge in [-0.3, -0.25) is 4.68 Å². The van der Waals surface area contributed by atoms with Crippen molar-refractivity contribution in [3.05, 3.63) is 16.4 Å². The van der Waals surface area contributed by atoms with Crippen molar-refractivity contribution in [1.82, 2.24) is 9.78 Å². The standard InChI is InChI=1S/C6H7BrN2O/c1-9-5(2-3-10)4-6(7)8-9/h3-4H,2H2,1H3. The summed E-state index contributed by atoms with van der Waals surface area (Å²) in [6.07, 6.45) is 1.29. The molecule has 1 heterocycles. The molecule has 0 unspecified atom stereocenters. The van der Waals surface area contributed by atoms with E-state index in [1.165, 1.54) is 0 Å². The molecule has 1 aromatic heterocycles. The maximum absolute atomic E-state index is 10.1. The van der Waals surface area contributed by atoms with Crippen molar-refractivity contribution in [3.63, 3.8) is 0 Å². The van der Waals surface area contributed by atoms with E-state index in [-0.39, 0.29) is 0 Å². The number of hydrogen-bond donors (Lipinski definition) is 0.